The summed E-state index contributed by atoms with van der Waals surface area (Å²) in [6.45, 7) is 2.22. The number of nitrogens with zero attached hydrogens (tertiary/aromatic N) is 2. The fraction of sp³-hybridized carbons (Fsp3) is 0.286. The molecule has 13 heteroatoms. The number of anilines is 1. The molecular formula is C35H34F4N4O4S. The van der Waals surface area contributed by atoms with E-state index in [0.29, 0.717) is 29.9 Å². The predicted octanol–water partition coefficient (Wildman–Crippen LogP) is 5.53. The third-order valence-corrected chi connectivity index (χ3v) is 10.2. The molecule has 4 aromatic rings. The molecule has 0 bridgehead atoms. The van der Waals surface area contributed by atoms with E-state index in [-0.39, 0.29) is 59.9 Å². The molecule has 1 fully saturated rings. The highest BCUT2D eigenvalue weighted by Gasteiger charge is 2.34. The number of amides is 1. The van der Waals surface area contributed by atoms with Crippen LogP contribution in [0, 0.1) is 23.3 Å². The number of rotatable bonds is 12. The average molecular weight is 683 g/mol. The second-order valence-electron chi connectivity index (χ2n) is 11.7. The van der Waals surface area contributed by atoms with Gasteiger partial charge in [-0.25, -0.2) is 26.0 Å². The van der Waals surface area contributed by atoms with E-state index >= 15 is 4.39 Å². The van der Waals surface area contributed by atoms with Crippen LogP contribution in [0.1, 0.15) is 47.9 Å². The highest BCUT2D eigenvalue weighted by Crippen LogP contribution is 2.31. The van der Waals surface area contributed by atoms with Crippen LogP contribution in [-0.4, -0.2) is 55.1 Å². The van der Waals surface area contributed by atoms with Crippen LogP contribution in [0.3, 0.4) is 0 Å². The van der Waals surface area contributed by atoms with Crippen LogP contribution in [0.2, 0.25) is 0 Å². The molecule has 5 rings (SSSR count). The number of halogens is 4. The van der Waals surface area contributed by atoms with Crippen LogP contribution in [0.15, 0.2) is 84.0 Å². The Morgan fingerprint density at radius 2 is 1.69 bits per heavy atom. The highest BCUT2D eigenvalue weighted by atomic mass is 32.2. The predicted molar refractivity (Wildman–Crippen MR) is 172 cm³/mol. The first-order chi connectivity index (χ1) is 22.9. The third-order valence-electron chi connectivity index (χ3n) is 8.26. The smallest absolute Gasteiger partial charge is 0.243 e. The number of Topliss-reactive ketones (excluding diaryl/α,β-unsaturated/α-hetero) is 1. The Kier molecular flexibility index (Phi) is 11.0. The van der Waals surface area contributed by atoms with Gasteiger partial charge in [0.25, 0.3) is 0 Å². The standard InChI is InChI=1S/C35H34F4N4O4S/c1-22(44)42-29-3-2-4-32(17-29)48(46,47)43-12-11-40-20-30(43)9-10-33-25(19-41-21-35(33)39)15-31(45)18-34(23-5-7-26(36)8-6-23)24-13-27(37)16-28(38)14-24/h2-8,13-14,16-17,19,21,30,34,40H,9-12,15,18,20H2,1H3,(H,42,44)/t30-,34-/m0/s1. The monoisotopic (exact) mass is 682 g/mol. The molecule has 0 unspecified atom stereocenters. The zero-order valence-electron chi connectivity index (χ0n) is 26.1. The third kappa shape index (κ3) is 8.52. The lowest BCUT2D eigenvalue weighted by atomic mass is 9.85. The molecule has 252 valence electrons. The Balaban J connectivity index is 1.34. The molecule has 0 saturated carbocycles. The number of sulfonamides is 1. The van der Waals surface area contributed by atoms with Gasteiger partial charge in [0.15, 0.2) is 0 Å². The average Bonchev–Trinajstić information content (AvgIpc) is 3.03. The molecule has 0 aliphatic carbocycles. The minimum absolute atomic E-state index is 0.0101. The zero-order chi connectivity index (χ0) is 34.4. The molecule has 2 N–H and O–H groups in total. The lowest BCUT2D eigenvalue weighted by molar-refractivity contribution is -0.118. The molecule has 48 heavy (non-hydrogen) atoms. The number of hydrogen-bond acceptors (Lipinski definition) is 6. The first-order valence-electron chi connectivity index (χ1n) is 15.4. The second kappa shape index (κ2) is 15.2. The van der Waals surface area contributed by atoms with Gasteiger partial charge in [-0.15, -0.1) is 0 Å². The van der Waals surface area contributed by atoms with Crippen molar-refractivity contribution in [1.82, 2.24) is 14.6 Å². The highest BCUT2D eigenvalue weighted by molar-refractivity contribution is 7.89. The van der Waals surface area contributed by atoms with Crippen LogP contribution in [-0.2, 0) is 32.5 Å². The molecule has 2 heterocycles. The summed E-state index contributed by atoms with van der Waals surface area (Å²) in [5.41, 5.74) is 1.53. The Morgan fingerprint density at radius 1 is 0.958 bits per heavy atom. The van der Waals surface area contributed by atoms with Crippen molar-refractivity contribution in [3.63, 3.8) is 0 Å². The summed E-state index contributed by atoms with van der Waals surface area (Å²) in [5, 5.41) is 5.77. The molecule has 0 spiro atoms. The molecule has 1 saturated heterocycles. The number of pyridine rings is 1. The summed E-state index contributed by atoms with van der Waals surface area (Å²) < 4.78 is 86.0. The minimum atomic E-state index is -3.98. The van der Waals surface area contributed by atoms with Crippen molar-refractivity contribution >= 4 is 27.4 Å². The fourth-order valence-electron chi connectivity index (χ4n) is 6.03. The number of piperazine rings is 1. The van der Waals surface area contributed by atoms with Gasteiger partial charge in [0.2, 0.25) is 15.9 Å². The van der Waals surface area contributed by atoms with Crippen molar-refractivity contribution in [1.29, 1.82) is 0 Å². The van der Waals surface area contributed by atoms with E-state index in [2.05, 4.69) is 15.6 Å². The van der Waals surface area contributed by atoms with Crippen LogP contribution < -0.4 is 10.6 Å². The van der Waals surface area contributed by atoms with E-state index in [9.17, 15) is 31.2 Å². The first kappa shape index (κ1) is 34.9. The number of carbonyl (C=O) groups excluding carboxylic acids is 2. The Labute approximate surface area is 276 Å². The van der Waals surface area contributed by atoms with Crippen molar-refractivity contribution in [2.75, 3.05) is 25.0 Å². The zero-order valence-corrected chi connectivity index (χ0v) is 26.9. The summed E-state index contributed by atoms with van der Waals surface area (Å²) in [7, 11) is -3.98. The molecular weight excluding hydrogens is 648 g/mol. The lowest BCUT2D eigenvalue weighted by Crippen LogP contribution is -2.53. The second-order valence-corrected chi connectivity index (χ2v) is 13.6. The summed E-state index contributed by atoms with van der Waals surface area (Å²) in [6, 6.07) is 13.6. The SMILES string of the molecule is CC(=O)Nc1cccc(S(=O)(=O)N2CCNC[C@@H]2CCc2c(F)cncc2CC(=O)C[C@@H](c2ccc(F)cc2)c2cc(F)cc(F)c2)c1. The van der Waals surface area contributed by atoms with Crippen LogP contribution in [0.5, 0.6) is 0 Å². The van der Waals surface area contributed by atoms with Gasteiger partial charge in [0.1, 0.15) is 29.1 Å². The number of benzene rings is 3. The van der Waals surface area contributed by atoms with E-state index < -0.39 is 45.3 Å². The van der Waals surface area contributed by atoms with Crippen LogP contribution in [0.25, 0.3) is 0 Å². The number of carbonyl (C=O) groups is 2. The largest absolute Gasteiger partial charge is 0.326 e. The van der Waals surface area contributed by atoms with Crippen LogP contribution in [0.4, 0.5) is 23.2 Å². The van der Waals surface area contributed by atoms with E-state index in [1.165, 1.54) is 59.9 Å². The molecule has 0 radical (unpaired) electrons. The number of aromatic nitrogens is 1. The van der Waals surface area contributed by atoms with Gasteiger partial charge >= 0.3 is 0 Å². The molecule has 8 nitrogen and oxygen atoms in total. The van der Waals surface area contributed by atoms with E-state index in [4.69, 9.17) is 0 Å². The van der Waals surface area contributed by atoms with Gasteiger partial charge in [-0.1, -0.05) is 18.2 Å². The van der Waals surface area contributed by atoms with Crippen molar-refractivity contribution < 1.29 is 35.6 Å². The molecule has 2 atom stereocenters. The number of ketones is 1. The van der Waals surface area contributed by atoms with E-state index in [1.54, 1.807) is 6.07 Å². The Hall–Kier alpha value is -4.46. The Bertz CT molecular complexity index is 1890. The van der Waals surface area contributed by atoms with Gasteiger partial charge in [0, 0.05) is 69.3 Å². The maximum atomic E-state index is 15.2. The van der Waals surface area contributed by atoms with Gasteiger partial charge in [0.05, 0.1) is 11.1 Å². The van der Waals surface area contributed by atoms with Crippen molar-refractivity contribution in [2.24, 2.45) is 0 Å². The number of hydrogen-bond donors (Lipinski definition) is 2. The number of nitrogens with one attached hydrogen (secondary N) is 2. The van der Waals surface area contributed by atoms with E-state index in [1.807, 2.05) is 0 Å². The molecule has 1 amide bonds. The normalized spacial score (nSPS) is 16.0. The van der Waals surface area contributed by atoms with Crippen molar-refractivity contribution in [3.05, 3.63) is 125 Å². The lowest BCUT2D eigenvalue weighted by Gasteiger charge is -2.35. The summed E-state index contributed by atoms with van der Waals surface area (Å²) in [5.74, 6) is -4.32. The first-order valence-corrected chi connectivity index (χ1v) is 16.8. The van der Waals surface area contributed by atoms with Gasteiger partial charge in [-0.05, 0) is 77.6 Å². The minimum Gasteiger partial charge on any atom is -0.326 e. The van der Waals surface area contributed by atoms with Gasteiger partial charge in [-0.3, -0.25) is 14.6 Å². The molecule has 1 aliphatic heterocycles. The van der Waals surface area contributed by atoms with Gasteiger partial charge < -0.3 is 10.6 Å². The van der Waals surface area contributed by atoms with Crippen LogP contribution >= 0.6 is 0 Å². The molecule has 1 aliphatic rings. The quantitative estimate of drug-likeness (QED) is 0.191. The summed E-state index contributed by atoms with van der Waals surface area (Å²) >= 11 is 0. The summed E-state index contributed by atoms with van der Waals surface area (Å²) in [6.07, 6.45) is 2.28. The Morgan fingerprint density at radius 3 is 2.40 bits per heavy atom. The summed E-state index contributed by atoms with van der Waals surface area (Å²) in [4.78, 5) is 28.9. The van der Waals surface area contributed by atoms with Crippen molar-refractivity contribution in [2.45, 2.75) is 49.5 Å². The topological polar surface area (TPSA) is 108 Å². The molecule has 1 aromatic heterocycles. The van der Waals surface area contributed by atoms with Crippen molar-refractivity contribution in [3.8, 4) is 0 Å². The fourth-order valence-corrected chi connectivity index (χ4v) is 7.74. The van der Waals surface area contributed by atoms with Gasteiger partial charge in [-0.2, -0.15) is 4.31 Å². The van der Waals surface area contributed by atoms with E-state index in [0.717, 1.165) is 24.4 Å². The maximum absolute atomic E-state index is 15.2. The molecule has 3 aromatic carbocycles. The maximum Gasteiger partial charge on any atom is 0.243 e.